The quantitative estimate of drug-likeness (QED) is 0.213. The fourth-order valence-electron chi connectivity index (χ4n) is 4.03. The van der Waals surface area contributed by atoms with Crippen molar-refractivity contribution >= 4 is 17.4 Å². The van der Waals surface area contributed by atoms with Gasteiger partial charge in [0.05, 0.1) is 5.56 Å². The highest BCUT2D eigenvalue weighted by Gasteiger charge is 2.29. The summed E-state index contributed by atoms with van der Waals surface area (Å²) in [6.45, 7) is 0.520. The molecule has 0 aliphatic heterocycles. The highest BCUT2D eigenvalue weighted by Crippen LogP contribution is 2.31. The van der Waals surface area contributed by atoms with Crippen molar-refractivity contribution in [1.82, 2.24) is 4.98 Å². The highest BCUT2D eigenvalue weighted by atomic mass is 19.4. The fourth-order valence-corrected chi connectivity index (χ4v) is 4.03. The standard InChI is InChI=1S/C30H25F3N2O3/c31-30(32,33)24-13-8-20(9-14-24)21-10-15-25(16-11-21)34-18-22-4-1-2-5-26(22)23-12-17-27(35-19-23)28(36)6-3-7-29(37)38/h1-2,4-5,8-17,19,34H,3,6-7,18H2,(H,37,38). The molecule has 8 heteroatoms. The number of nitrogens with zero attached hydrogens (tertiary/aromatic N) is 1. The number of nitrogens with one attached hydrogen (secondary N) is 1. The van der Waals surface area contributed by atoms with E-state index in [1.165, 1.54) is 12.1 Å². The Bertz CT molecular complexity index is 1400. The molecular weight excluding hydrogens is 493 g/mol. The van der Waals surface area contributed by atoms with Crippen molar-refractivity contribution in [3.05, 3.63) is 108 Å². The van der Waals surface area contributed by atoms with Crippen molar-refractivity contribution < 1.29 is 27.9 Å². The SMILES string of the molecule is O=C(O)CCCC(=O)c1ccc(-c2ccccc2CNc2ccc(-c3ccc(C(F)(F)F)cc3)cc2)cn1. The van der Waals surface area contributed by atoms with Crippen LogP contribution in [0.5, 0.6) is 0 Å². The molecule has 1 heterocycles. The molecule has 4 aromatic rings. The van der Waals surface area contributed by atoms with Crippen LogP contribution in [0.3, 0.4) is 0 Å². The molecule has 0 radical (unpaired) electrons. The Morgan fingerprint density at radius 2 is 1.42 bits per heavy atom. The van der Waals surface area contributed by atoms with Crippen LogP contribution in [0.15, 0.2) is 91.1 Å². The summed E-state index contributed by atoms with van der Waals surface area (Å²) in [4.78, 5) is 27.2. The van der Waals surface area contributed by atoms with Crippen LogP contribution in [0.1, 0.15) is 40.9 Å². The molecule has 0 spiro atoms. The predicted octanol–water partition coefficient (Wildman–Crippen LogP) is 7.48. The van der Waals surface area contributed by atoms with Crippen molar-refractivity contribution in [2.75, 3.05) is 5.32 Å². The molecule has 0 bridgehead atoms. The summed E-state index contributed by atoms with van der Waals surface area (Å²) < 4.78 is 38.4. The number of Topliss-reactive ketones (excluding diaryl/α,β-unsaturated/α-hetero) is 1. The Hall–Kier alpha value is -4.46. The predicted molar refractivity (Wildman–Crippen MR) is 140 cm³/mol. The number of hydrogen-bond donors (Lipinski definition) is 2. The summed E-state index contributed by atoms with van der Waals surface area (Å²) in [6, 6.07) is 23.8. The maximum Gasteiger partial charge on any atom is 0.416 e. The van der Waals surface area contributed by atoms with E-state index in [0.29, 0.717) is 17.8 Å². The zero-order valence-corrected chi connectivity index (χ0v) is 20.3. The van der Waals surface area contributed by atoms with Gasteiger partial charge in [0, 0.05) is 36.8 Å². The second-order valence-electron chi connectivity index (χ2n) is 8.77. The number of ketones is 1. The van der Waals surface area contributed by atoms with E-state index in [2.05, 4.69) is 10.3 Å². The monoisotopic (exact) mass is 518 g/mol. The third-order valence-electron chi connectivity index (χ3n) is 6.09. The van der Waals surface area contributed by atoms with Crippen LogP contribution in [0.4, 0.5) is 18.9 Å². The normalized spacial score (nSPS) is 11.2. The average Bonchev–Trinajstić information content (AvgIpc) is 2.92. The van der Waals surface area contributed by atoms with E-state index in [1.807, 2.05) is 54.6 Å². The average molecular weight is 519 g/mol. The number of carboxylic acids is 1. The largest absolute Gasteiger partial charge is 0.481 e. The van der Waals surface area contributed by atoms with Crippen molar-refractivity contribution in [1.29, 1.82) is 0 Å². The Labute approximate surface area is 218 Å². The van der Waals surface area contributed by atoms with Gasteiger partial charge in [0.2, 0.25) is 0 Å². The molecule has 194 valence electrons. The second-order valence-corrected chi connectivity index (χ2v) is 8.77. The number of benzene rings is 3. The molecule has 1 aromatic heterocycles. The zero-order valence-electron chi connectivity index (χ0n) is 20.3. The van der Waals surface area contributed by atoms with Crippen molar-refractivity contribution in [3.8, 4) is 22.3 Å². The second kappa shape index (κ2) is 11.7. The topological polar surface area (TPSA) is 79.3 Å². The van der Waals surface area contributed by atoms with E-state index in [9.17, 15) is 22.8 Å². The number of carbonyl (C=O) groups is 2. The number of carboxylic acid groups (broad SMARTS) is 1. The first-order valence-electron chi connectivity index (χ1n) is 12.0. The molecule has 0 amide bonds. The maximum absolute atomic E-state index is 12.8. The van der Waals surface area contributed by atoms with Crippen LogP contribution >= 0.6 is 0 Å². The van der Waals surface area contributed by atoms with E-state index in [1.54, 1.807) is 12.3 Å². The molecule has 0 saturated heterocycles. The third-order valence-corrected chi connectivity index (χ3v) is 6.09. The summed E-state index contributed by atoms with van der Waals surface area (Å²) in [5.41, 5.74) is 4.83. The van der Waals surface area contributed by atoms with Crippen molar-refractivity contribution in [2.45, 2.75) is 32.0 Å². The van der Waals surface area contributed by atoms with Crippen LogP contribution in [0.2, 0.25) is 0 Å². The van der Waals surface area contributed by atoms with Gasteiger partial charge in [-0.25, -0.2) is 0 Å². The van der Waals surface area contributed by atoms with Gasteiger partial charge in [-0.3, -0.25) is 14.6 Å². The minimum absolute atomic E-state index is 0.0536. The van der Waals surface area contributed by atoms with Crippen LogP contribution < -0.4 is 5.32 Å². The number of aliphatic carboxylic acids is 1. The first kappa shape index (κ1) is 26.6. The van der Waals surface area contributed by atoms with Gasteiger partial charge < -0.3 is 10.4 Å². The zero-order chi connectivity index (χ0) is 27.1. The fraction of sp³-hybridized carbons (Fsp3) is 0.167. The Morgan fingerprint density at radius 3 is 2.03 bits per heavy atom. The molecule has 4 rings (SSSR count). The summed E-state index contributed by atoms with van der Waals surface area (Å²) in [5, 5.41) is 12.1. The lowest BCUT2D eigenvalue weighted by Crippen LogP contribution is -2.04. The van der Waals surface area contributed by atoms with Gasteiger partial charge in [-0.15, -0.1) is 0 Å². The number of carbonyl (C=O) groups excluding carboxylic acids is 1. The van der Waals surface area contributed by atoms with E-state index in [-0.39, 0.29) is 25.0 Å². The molecule has 0 aliphatic rings. The van der Waals surface area contributed by atoms with Gasteiger partial charge in [0.1, 0.15) is 5.69 Å². The number of anilines is 1. The summed E-state index contributed by atoms with van der Waals surface area (Å²) in [6.07, 6.45) is -2.36. The van der Waals surface area contributed by atoms with Crippen LogP contribution in [-0.4, -0.2) is 21.8 Å². The summed E-state index contributed by atoms with van der Waals surface area (Å²) in [5.74, 6) is -1.12. The van der Waals surface area contributed by atoms with Crippen LogP contribution in [0.25, 0.3) is 22.3 Å². The van der Waals surface area contributed by atoms with Gasteiger partial charge in [0.25, 0.3) is 0 Å². The minimum Gasteiger partial charge on any atom is -0.481 e. The van der Waals surface area contributed by atoms with Crippen molar-refractivity contribution in [2.24, 2.45) is 0 Å². The van der Waals surface area contributed by atoms with E-state index < -0.39 is 17.7 Å². The van der Waals surface area contributed by atoms with Crippen LogP contribution in [0, 0.1) is 0 Å². The van der Waals surface area contributed by atoms with Crippen molar-refractivity contribution in [3.63, 3.8) is 0 Å². The smallest absolute Gasteiger partial charge is 0.416 e. The molecule has 2 N–H and O–H groups in total. The number of halogens is 3. The Balaban J connectivity index is 1.40. The lowest BCUT2D eigenvalue weighted by Gasteiger charge is -2.13. The highest BCUT2D eigenvalue weighted by molar-refractivity contribution is 5.94. The van der Waals surface area contributed by atoms with Gasteiger partial charge in [0.15, 0.2) is 5.78 Å². The molecule has 5 nitrogen and oxygen atoms in total. The molecule has 38 heavy (non-hydrogen) atoms. The van der Waals surface area contributed by atoms with E-state index in [0.717, 1.165) is 40.1 Å². The molecule has 3 aromatic carbocycles. The Morgan fingerprint density at radius 1 is 0.789 bits per heavy atom. The number of aromatic nitrogens is 1. The number of pyridine rings is 1. The summed E-state index contributed by atoms with van der Waals surface area (Å²) >= 11 is 0. The minimum atomic E-state index is -4.36. The third kappa shape index (κ3) is 6.85. The number of hydrogen-bond acceptors (Lipinski definition) is 4. The van der Waals surface area contributed by atoms with Gasteiger partial charge >= 0.3 is 12.1 Å². The van der Waals surface area contributed by atoms with E-state index >= 15 is 0 Å². The number of rotatable bonds is 10. The molecule has 0 fully saturated rings. The molecule has 0 unspecified atom stereocenters. The molecular formula is C30H25F3N2O3. The van der Waals surface area contributed by atoms with E-state index in [4.69, 9.17) is 5.11 Å². The maximum atomic E-state index is 12.8. The van der Waals surface area contributed by atoms with Crippen LogP contribution in [-0.2, 0) is 17.5 Å². The lowest BCUT2D eigenvalue weighted by molar-refractivity contribution is -0.138. The summed E-state index contributed by atoms with van der Waals surface area (Å²) in [7, 11) is 0. The van der Waals surface area contributed by atoms with Gasteiger partial charge in [-0.2, -0.15) is 13.2 Å². The van der Waals surface area contributed by atoms with Gasteiger partial charge in [-0.1, -0.05) is 54.6 Å². The molecule has 0 saturated carbocycles. The Kier molecular flexibility index (Phi) is 8.21. The number of alkyl halides is 3. The van der Waals surface area contributed by atoms with Gasteiger partial charge in [-0.05, 0) is 59.0 Å². The molecule has 0 aliphatic carbocycles. The first-order chi connectivity index (χ1) is 18.2. The first-order valence-corrected chi connectivity index (χ1v) is 12.0. The molecule has 0 atom stereocenters. The lowest BCUT2D eigenvalue weighted by atomic mass is 10.00.